The lowest BCUT2D eigenvalue weighted by atomic mass is 10.0. The van der Waals surface area contributed by atoms with Crippen LogP contribution >= 0.6 is 15.9 Å². The molecule has 1 nitrogen and oxygen atoms in total. The first-order valence-electron chi connectivity index (χ1n) is 4.70. The van der Waals surface area contributed by atoms with E-state index in [-0.39, 0.29) is 0 Å². The molecule has 1 rings (SSSR count). The molecule has 0 aliphatic carbocycles. The predicted molar refractivity (Wildman–Crippen MR) is 64.0 cm³/mol. The lowest BCUT2D eigenvalue weighted by Gasteiger charge is -2.17. The SMILES string of the molecule is C#CCNC(CC)c1ccccc1Br. The van der Waals surface area contributed by atoms with Crippen LogP contribution in [0, 0.1) is 12.3 Å². The summed E-state index contributed by atoms with van der Waals surface area (Å²) in [7, 11) is 0. The van der Waals surface area contributed by atoms with Crippen LogP contribution in [-0.4, -0.2) is 6.54 Å². The second kappa shape index (κ2) is 5.85. The van der Waals surface area contributed by atoms with Crippen LogP contribution < -0.4 is 5.32 Å². The van der Waals surface area contributed by atoms with Crippen LogP contribution in [0.15, 0.2) is 28.7 Å². The molecule has 1 aromatic rings. The molecule has 0 saturated heterocycles. The Labute approximate surface area is 94.0 Å². The van der Waals surface area contributed by atoms with Crippen LogP contribution in [0.4, 0.5) is 0 Å². The fourth-order valence-corrected chi connectivity index (χ4v) is 1.98. The summed E-state index contributed by atoms with van der Waals surface area (Å²) in [5.74, 6) is 2.60. The van der Waals surface area contributed by atoms with Crippen molar-refractivity contribution in [3.63, 3.8) is 0 Å². The van der Waals surface area contributed by atoms with Crippen molar-refractivity contribution in [3.8, 4) is 12.3 Å². The Kier molecular flexibility index (Phi) is 4.72. The Morgan fingerprint density at radius 3 is 2.79 bits per heavy atom. The fraction of sp³-hybridized carbons (Fsp3) is 0.333. The quantitative estimate of drug-likeness (QED) is 0.812. The lowest BCUT2D eigenvalue weighted by molar-refractivity contribution is 0.553. The predicted octanol–water partition coefficient (Wildman–Crippen LogP) is 3.12. The summed E-state index contributed by atoms with van der Waals surface area (Å²) >= 11 is 3.54. The average Bonchev–Trinajstić information content (AvgIpc) is 2.21. The van der Waals surface area contributed by atoms with Gasteiger partial charge in [0, 0.05) is 10.5 Å². The van der Waals surface area contributed by atoms with Gasteiger partial charge in [0.15, 0.2) is 0 Å². The van der Waals surface area contributed by atoms with E-state index < -0.39 is 0 Å². The van der Waals surface area contributed by atoms with Crippen molar-refractivity contribution in [2.75, 3.05) is 6.54 Å². The number of rotatable bonds is 4. The third kappa shape index (κ3) is 2.87. The van der Waals surface area contributed by atoms with Crippen molar-refractivity contribution in [3.05, 3.63) is 34.3 Å². The second-order valence-electron chi connectivity index (χ2n) is 3.07. The molecule has 0 aliphatic rings. The fourth-order valence-electron chi connectivity index (χ4n) is 1.41. The Morgan fingerprint density at radius 1 is 1.50 bits per heavy atom. The van der Waals surface area contributed by atoms with Gasteiger partial charge in [-0.3, -0.25) is 5.32 Å². The average molecular weight is 252 g/mol. The number of halogens is 1. The van der Waals surface area contributed by atoms with E-state index in [1.807, 2.05) is 12.1 Å². The molecule has 1 atom stereocenters. The van der Waals surface area contributed by atoms with Crippen LogP contribution in [0.1, 0.15) is 24.9 Å². The molecule has 14 heavy (non-hydrogen) atoms. The minimum absolute atomic E-state index is 0.335. The minimum Gasteiger partial charge on any atom is -0.299 e. The van der Waals surface area contributed by atoms with Gasteiger partial charge in [0.05, 0.1) is 6.54 Å². The van der Waals surface area contributed by atoms with Gasteiger partial charge in [-0.2, -0.15) is 0 Å². The van der Waals surface area contributed by atoms with Crippen molar-refractivity contribution >= 4 is 15.9 Å². The molecule has 0 saturated carbocycles. The summed E-state index contributed by atoms with van der Waals surface area (Å²) in [5, 5.41) is 3.31. The van der Waals surface area contributed by atoms with Gasteiger partial charge in [-0.15, -0.1) is 6.42 Å². The zero-order valence-electron chi connectivity index (χ0n) is 8.26. The number of benzene rings is 1. The molecule has 0 aliphatic heterocycles. The summed E-state index contributed by atoms with van der Waals surface area (Å²) in [6, 6.07) is 8.56. The molecule has 0 bridgehead atoms. The molecule has 0 radical (unpaired) electrons. The third-order valence-corrected chi connectivity index (χ3v) is 2.86. The molecule has 0 fully saturated rings. The van der Waals surface area contributed by atoms with Gasteiger partial charge in [-0.1, -0.05) is 47.0 Å². The highest BCUT2D eigenvalue weighted by Gasteiger charge is 2.09. The van der Waals surface area contributed by atoms with Crippen molar-refractivity contribution in [1.29, 1.82) is 0 Å². The van der Waals surface area contributed by atoms with Crippen LogP contribution in [0.5, 0.6) is 0 Å². The molecule has 0 aromatic heterocycles. The standard InChI is InChI=1S/C12H14BrN/c1-3-9-14-12(4-2)10-7-5-6-8-11(10)13/h1,5-8,12,14H,4,9H2,2H3. The van der Waals surface area contributed by atoms with E-state index >= 15 is 0 Å². The molecule has 1 unspecified atom stereocenters. The highest BCUT2D eigenvalue weighted by molar-refractivity contribution is 9.10. The molecule has 1 aromatic carbocycles. The van der Waals surface area contributed by atoms with E-state index in [1.54, 1.807) is 0 Å². The minimum atomic E-state index is 0.335. The molecular formula is C12H14BrN. The van der Waals surface area contributed by atoms with E-state index in [2.05, 4.69) is 46.2 Å². The van der Waals surface area contributed by atoms with Crippen molar-refractivity contribution in [1.82, 2.24) is 5.32 Å². The topological polar surface area (TPSA) is 12.0 Å². The number of hydrogen-bond donors (Lipinski definition) is 1. The Bertz CT molecular complexity index is 327. The summed E-state index contributed by atoms with van der Waals surface area (Å²) in [6.45, 7) is 2.76. The Morgan fingerprint density at radius 2 is 2.21 bits per heavy atom. The van der Waals surface area contributed by atoms with Gasteiger partial charge >= 0.3 is 0 Å². The normalized spacial score (nSPS) is 12.1. The highest BCUT2D eigenvalue weighted by Crippen LogP contribution is 2.24. The molecule has 0 heterocycles. The largest absolute Gasteiger partial charge is 0.299 e. The Hall–Kier alpha value is -0.780. The molecule has 0 amide bonds. The monoisotopic (exact) mass is 251 g/mol. The number of nitrogens with one attached hydrogen (secondary N) is 1. The number of terminal acetylenes is 1. The summed E-state index contributed by atoms with van der Waals surface area (Å²) in [5.41, 5.74) is 1.27. The van der Waals surface area contributed by atoms with Gasteiger partial charge in [-0.05, 0) is 18.1 Å². The van der Waals surface area contributed by atoms with Crippen molar-refractivity contribution in [2.45, 2.75) is 19.4 Å². The summed E-state index contributed by atoms with van der Waals surface area (Å²) in [4.78, 5) is 0. The maximum atomic E-state index is 5.22. The summed E-state index contributed by atoms with van der Waals surface area (Å²) < 4.78 is 1.14. The van der Waals surface area contributed by atoms with E-state index in [1.165, 1.54) is 5.56 Å². The lowest BCUT2D eigenvalue weighted by Crippen LogP contribution is -2.21. The molecule has 74 valence electrons. The first-order valence-corrected chi connectivity index (χ1v) is 5.50. The van der Waals surface area contributed by atoms with Crippen molar-refractivity contribution in [2.24, 2.45) is 0 Å². The first-order chi connectivity index (χ1) is 6.79. The third-order valence-electron chi connectivity index (χ3n) is 2.14. The molecular weight excluding hydrogens is 238 g/mol. The van der Waals surface area contributed by atoms with Gasteiger partial charge in [0.2, 0.25) is 0 Å². The van der Waals surface area contributed by atoms with Gasteiger partial charge < -0.3 is 0 Å². The highest BCUT2D eigenvalue weighted by atomic mass is 79.9. The maximum absolute atomic E-state index is 5.22. The molecule has 2 heteroatoms. The maximum Gasteiger partial charge on any atom is 0.0578 e. The molecule has 0 spiro atoms. The summed E-state index contributed by atoms with van der Waals surface area (Å²) in [6.07, 6.45) is 6.26. The Balaban J connectivity index is 2.79. The van der Waals surface area contributed by atoms with Crippen LogP contribution in [0.3, 0.4) is 0 Å². The molecule has 1 N–H and O–H groups in total. The van der Waals surface area contributed by atoms with E-state index in [0.29, 0.717) is 12.6 Å². The van der Waals surface area contributed by atoms with Gasteiger partial charge in [0.25, 0.3) is 0 Å². The van der Waals surface area contributed by atoms with Crippen LogP contribution in [0.25, 0.3) is 0 Å². The zero-order chi connectivity index (χ0) is 10.4. The first kappa shape index (κ1) is 11.3. The van der Waals surface area contributed by atoms with Crippen LogP contribution in [-0.2, 0) is 0 Å². The number of hydrogen-bond acceptors (Lipinski definition) is 1. The van der Waals surface area contributed by atoms with Crippen LogP contribution in [0.2, 0.25) is 0 Å². The van der Waals surface area contributed by atoms with E-state index in [0.717, 1.165) is 10.9 Å². The van der Waals surface area contributed by atoms with E-state index in [4.69, 9.17) is 6.42 Å². The van der Waals surface area contributed by atoms with Gasteiger partial charge in [0.1, 0.15) is 0 Å². The van der Waals surface area contributed by atoms with Crippen molar-refractivity contribution < 1.29 is 0 Å². The smallest absolute Gasteiger partial charge is 0.0578 e. The van der Waals surface area contributed by atoms with E-state index in [9.17, 15) is 0 Å². The second-order valence-corrected chi connectivity index (χ2v) is 3.92. The zero-order valence-corrected chi connectivity index (χ0v) is 9.84. The van der Waals surface area contributed by atoms with Gasteiger partial charge in [-0.25, -0.2) is 0 Å².